The third-order valence-corrected chi connectivity index (χ3v) is 4.30. The Labute approximate surface area is 153 Å². The van der Waals surface area contributed by atoms with Gasteiger partial charge in [-0.1, -0.05) is 35.9 Å². The number of aryl methyl sites for hydroxylation is 2. The summed E-state index contributed by atoms with van der Waals surface area (Å²) in [5, 5.41) is 0. The molecule has 3 rings (SSSR count). The molecule has 0 spiro atoms. The molecular weight excluding hydrogens is 326 g/mol. The van der Waals surface area contributed by atoms with Crippen LogP contribution in [-0.4, -0.2) is 34.4 Å². The zero-order valence-electron chi connectivity index (χ0n) is 15.2. The Morgan fingerprint density at radius 3 is 2.62 bits per heavy atom. The molecule has 0 aliphatic heterocycles. The SMILES string of the molecule is Cc1ccc(-c2cnc(CCC(=O)N(C)CCc3ccccn3)o2)cc1. The van der Waals surface area contributed by atoms with Gasteiger partial charge in [-0.3, -0.25) is 9.78 Å². The highest BCUT2D eigenvalue weighted by atomic mass is 16.4. The molecule has 0 aliphatic carbocycles. The zero-order valence-corrected chi connectivity index (χ0v) is 15.2. The molecule has 2 heterocycles. The molecule has 3 aromatic rings. The second kappa shape index (κ2) is 8.43. The van der Waals surface area contributed by atoms with Gasteiger partial charge < -0.3 is 9.32 Å². The van der Waals surface area contributed by atoms with Gasteiger partial charge in [-0.25, -0.2) is 4.98 Å². The van der Waals surface area contributed by atoms with E-state index in [-0.39, 0.29) is 5.91 Å². The van der Waals surface area contributed by atoms with E-state index in [9.17, 15) is 4.79 Å². The number of amides is 1. The molecule has 5 heteroatoms. The first-order valence-electron chi connectivity index (χ1n) is 8.77. The first-order valence-corrected chi connectivity index (χ1v) is 8.77. The Morgan fingerprint density at radius 1 is 1.08 bits per heavy atom. The lowest BCUT2D eigenvalue weighted by molar-refractivity contribution is -0.129. The third kappa shape index (κ3) is 4.79. The van der Waals surface area contributed by atoms with Crippen LogP contribution in [0.3, 0.4) is 0 Å². The number of hydrogen-bond donors (Lipinski definition) is 0. The zero-order chi connectivity index (χ0) is 18.4. The molecule has 2 aromatic heterocycles. The number of carbonyl (C=O) groups excluding carboxylic acids is 1. The van der Waals surface area contributed by atoms with Crippen molar-refractivity contribution in [3.63, 3.8) is 0 Å². The average Bonchev–Trinajstić information content (AvgIpc) is 3.14. The van der Waals surface area contributed by atoms with E-state index in [1.807, 2.05) is 56.4 Å². The fraction of sp³-hybridized carbons (Fsp3) is 0.286. The molecule has 134 valence electrons. The largest absolute Gasteiger partial charge is 0.441 e. The van der Waals surface area contributed by atoms with Crippen molar-refractivity contribution in [1.29, 1.82) is 0 Å². The molecule has 0 saturated heterocycles. The van der Waals surface area contributed by atoms with E-state index < -0.39 is 0 Å². The van der Waals surface area contributed by atoms with Crippen LogP contribution in [0.25, 0.3) is 11.3 Å². The van der Waals surface area contributed by atoms with Crippen LogP contribution < -0.4 is 0 Å². The highest BCUT2D eigenvalue weighted by Gasteiger charge is 2.12. The van der Waals surface area contributed by atoms with Gasteiger partial charge in [0.25, 0.3) is 0 Å². The molecule has 5 nitrogen and oxygen atoms in total. The molecule has 0 unspecified atom stereocenters. The average molecular weight is 349 g/mol. The van der Waals surface area contributed by atoms with Crippen LogP contribution in [0.2, 0.25) is 0 Å². The second-order valence-electron chi connectivity index (χ2n) is 6.37. The Hall–Kier alpha value is -2.95. The Bertz CT molecular complexity index is 841. The van der Waals surface area contributed by atoms with E-state index in [1.165, 1.54) is 5.56 Å². The fourth-order valence-electron chi connectivity index (χ4n) is 2.63. The van der Waals surface area contributed by atoms with Crippen molar-refractivity contribution in [2.24, 2.45) is 0 Å². The molecule has 0 radical (unpaired) electrons. The number of oxazole rings is 1. The lowest BCUT2D eigenvalue weighted by atomic mass is 10.1. The van der Waals surface area contributed by atoms with Gasteiger partial charge in [0.05, 0.1) is 6.20 Å². The number of hydrogen-bond acceptors (Lipinski definition) is 4. The molecular formula is C21H23N3O2. The monoisotopic (exact) mass is 349 g/mol. The minimum atomic E-state index is 0.0796. The van der Waals surface area contributed by atoms with Crippen LogP contribution in [0.15, 0.2) is 59.3 Å². The lowest BCUT2D eigenvalue weighted by Gasteiger charge is -2.16. The quantitative estimate of drug-likeness (QED) is 0.653. The first kappa shape index (κ1) is 17.9. The van der Waals surface area contributed by atoms with Crippen molar-refractivity contribution < 1.29 is 9.21 Å². The van der Waals surface area contributed by atoms with Gasteiger partial charge >= 0.3 is 0 Å². The number of rotatable bonds is 7. The summed E-state index contributed by atoms with van der Waals surface area (Å²) >= 11 is 0. The maximum atomic E-state index is 12.3. The molecule has 1 amide bonds. The van der Waals surface area contributed by atoms with Gasteiger partial charge in [0.1, 0.15) is 0 Å². The van der Waals surface area contributed by atoms with Gasteiger partial charge in [0.2, 0.25) is 5.91 Å². The van der Waals surface area contributed by atoms with Gasteiger partial charge in [-0.05, 0) is 19.1 Å². The number of pyridine rings is 1. The second-order valence-corrected chi connectivity index (χ2v) is 6.37. The smallest absolute Gasteiger partial charge is 0.222 e. The van der Waals surface area contributed by atoms with E-state index in [1.54, 1.807) is 17.3 Å². The maximum Gasteiger partial charge on any atom is 0.222 e. The Kier molecular flexibility index (Phi) is 5.79. The first-order chi connectivity index (χ1) is 12.6. The summed E-state index contributed by atoms with van der Waals surface area (Å²) < 4.78 is 5.78. The van der Waals surface area contributed by atoms with Crippen molar-refractivity contribution in [2.75, 3.05) is 13.6 Å². The molecule has 0 atom stereocenters. The van der Waals surface area contributed by atoms with E-state index >= 15 is 0 Å². The van der Waals surface area contributed by atoms with Gasteiger partial charge in [0.15, 0.2) is 11.7 Å². The van der Waals surface area contributed by atoms with Crippen LogP contribution in [0, 0.1) is 6.92 Å². The van der Waals surface area contributed by atoms with Gasteiger partial charge in [-0.15, -0.1) is 0 Å². The van der Waals surface area contributed by atoms with Crippen LogP contribution in [0.4, 0.5) is 0 Å². The third-order valence-electron chi connectivity index (χ3n) is 4.30. The van der Waals surface area contributed by atoms with Crippen LogP contribution in [-0.2, 0) is 17.6 Å². The maximum absolute atomic E-state index is 12.3. The predicted octanol–water partition coefficient (Wildman–Crippen LogP) is 3.68. The van der Waals surface area contributed by atoms with Crippen molar-refractivity contribution in [3.05, 3.63) is 72.0 Å². The molecule has 0 aliphatic rings. The molecule has 0 N–H and O–H groups in total. The Morgan fingerprint density at radius 2 is 1.88 bits per heavy atom. The molecule has 0 saturated carbocycles. The van der Waals surface area contributed by atoms with Crippen molar-refractivity contribution in [1.82, 2.24) is 14.9 Å². The normalized spacial score (nSPS) is 10.7. The number of nitrogens with zero attached hydrogens (tertiary/aromatic N) is 3. The van der Waals surface area contributed by atoms with Crippen molar-refractivity contribution in [3.8, 4) is 11.3 Å². The summed E-state index contributed by atoms with van der Waals surface area (Å²) in [6, 6.07) is 13.9. The fourth-order valence-corrected chi connectivity index (χ4v) is 2.63. The predicted molar refractivity (Wildman–Crippen MR) is 101 cm³/mol. The minimum Gasteiger partial charge on any atom is -0.441 e. The minimum absolute atomic E-state index is 0.0796. The molecule has 1 aromatic carbocycles. The van der Waals surface area contributed by atoms with Crippen molar-refractivity contribution >= 4 is 5.91 Å². The van der Waals surface area contributed by atoms with Gasteiger partial charge in [0, 0.05) is 50.3 Å². The molecule has 0 bridgehead atoms. The summed E-state index contributed by atoms with van der Waals surface area (Å²) in [4.78, 5) is 22.6. The summed E-state index contributed by atoms with van der Waals surface area (Å²) in [6.07, 6.45) is 5.12. The van der Waals surface area contributed by atoms with Crippen molar-refractivity contribution in [2.45, 2.75) is 26.2 Å². The summed E-state index contributed by atoms with van der Waals surface area (Å²) in [7, 11) is 1.82. The summed E-state index contributed by atoms with van der Waals surface area (Å²) in [5.74, 6) is 1.40. The van der Waals surface area contributed by atoms with E-state index in [0.717, 1.165) is 23.4 Å². The lowest BCUT2D eigenvalue weighted by Crippen LogP contribution is -2.29. The Balaban J connectivity index is 1.49. The topological polar surface area (TPSA) is 59.2 Å². The van der Waals surface area contributed by atoms with Gasteiger partial charge in [-0.2, -0.15) is 0 Å². The summed E-state index contributed by atoms with van der Waals surface area (Å²) in [5.41, 5.74) is 3.18. The summed E-state index contributed by atoms with van der Waals surface area (Å²) in [6.45, 7) is 2.70. The number of aromatic nitrogens is 2. The van der Waals surface area contributed by atoms with Crippen LogP contribution >= 0.6 is 0 Å². The molecule has 0 fully saturated rings. The number of benzene rings is 1. The van der Waals surface area contributed by atoms with E-state index in [0.29, 0.717) is 25.3 Å². The highest BCUT2D eigenvalue weighted by Crippen LogP contribution is 2.21. The number of likely N-dealkylation sites (N-methyl/N-ethyl adjacent to an activating group) is 1. The van der Waals surface area contributed by atoms with E-state index in [4.69, 9.17) is 4.42 Å². The van der Waals surface area contributed by atoms with Crippen LogP contribution in [0.1, 0.15) is 23.6 Å². The number of carbonyl (C=O) groups is 1. The van der Waals surface area contributed by atoms with Crippen LogP contribution in [0.5, 0.6) is 0 Å². The standard InChI is InChI=1S/C21H23N3O2/c1-16-6-8-17(9-7-16)19-15-23-20(26-19)10-11-21(25)24(2)14-12-18-5-3-4-13-22-18/h3-9,13,15H,10-12,14H2,1-2H3. The highest BCUT2D eigenvalue weighted by molar-refractivity contribution is 5.76. The molecule has 26 heavy (non-hydrogen) atoms. The van der Waals surface area contributed by atoms with E-state index in [2.05, 4.69) is 9.97 Å².